The highest BCUT2D eigenvalue weighted by Gasteiger charge is 2.34. The van der Waals surface area contributed by atoms with E-state index in [0.717, 1.165) is 0 Å². The van der Waals surface area contributed by atoms with E-state index in [1.807, 2.05) is 30.8 Å². The molecular weight excluding hydrogens is 526 g/mol. The lowest BCUT2D eigenvalue weighted by molar-refractivity contribution is -0.126. The molecule has 0 bridgehead atoms. The van der Waals surface area contributed by atoms with E-state index in [1.165, 1.54) is 24.3 Å². The van der Waals surface area contributed by atoms with Gasteiger partial charge in [-0.3, -0.25) is 4.79 Å². The summed E-state index contributed by atoms with van der Waals surface area (Å²) in [7, 11) is 3.98. The molecule has 39 heavy (non-hydrogen) atoms. The predicted molar refractivity (Wildman–Crippen MR) is 152 cm³/mol. The number of aromatic nitrogens is 2. The minimum atomic E-state index is -1.03. The van der Waals surface area contributed by atoms with Crippen LogP contribution in [0.3, 0.4) is 0 Å². The highest BCUT2D eigenvalue weighted by molar-refractivity contribution is 6.33. The predicted octanol–water partition coefficient (Wildman–Crippen LogP) is 4.72. The Morgan fingerprint density at radius 1 is 1.26 bits per heavy atom. The number of carbonyl (C=O) groups excluding carboxylic acids is 1. The minimum Gasteiger partial charge on any atom is -0.507 e. The Kier molecular flexibility index (Phi) is 8.27. The Labute approximate surface area is 232 Å². The lowest BCUT2D eigenvalue weighted by atomic mass is 9.99. The number of carbonyl (C=O) groups is 1. The third-order valence-corrected chi connectivity index (χ3v) is 7.51. The number of allylic oxidation sites excluding steroid dienone is 4. The summed E-state index contributed by atoms with van der Waals surface area (Å²) < 4.78 is 30.9. The zero-order valence-electron chi connectivity index (χ0n) is 22.6. The standard InChI is InChI=1S/C28H33ClF2N6O2/c1-7-9-21(38)23(17(4)30)24-20(29)12-19-26(25(24)31)32-28(36-14-18(15-36)34(5)6)33-27(19)37-11-10-35(13-16(37)3)22(39)8-2/h7-9,12,16,18,38H,2,4,10-11,13-15H2,1,3,5-6H3/b9-7-,23-21-/t16-/m0/s1. The normalized spacial score (nSPS) is 19.1. The van der Waals surface area contributed by atoms with E-state index in [9.17, 15) is 14.3 Å². The molecule has 8 nitrogen and oxygen atoms in total. The quantitative estimate of drug-likeness (QED) is 0.299. The number of nitrogens with zero attached hydrogens (tertiary/aromatic N) is 6. The molecule has 2 aromatic rings. The number of hydrogen-bond acceptors (Lipinski definition) is 7. The summed E-state index contributed by atoms with van der Waals surface area (Å²) in [6.45, 7) is 13.1. The van der Waals surface area contributed by atoms with Crippen molar-refractivity contribution in [3.63, 3.8) is 0 Å². The molecule has 2 aliphatic heterocycles. The van der Waals surface area contributed by atoms with Crippen molar-refractivity contribution in [3.05, 3.63) is 65.4 Å². The van der Waals surface area contributed by atoms with Crippen LogP contribution >= 0.6 is 11.6 Å². The number of amides is 1. The van der Waals surface area contributed by atoms with Gasteiger partial charge in [-0.25, -0.2) is 13.8 Å². The molecule has 0 unspecified atom stereocenters. The zero-order chi connectivity index (χ0) is 28.6. The van der Waals surface area contributed by atoms with Gasteiger partial charge in [0.1, 0.15) is 22.9 Å². The van der Waals surface area contributed by atoms with Crippen molar-refractivity contribution >= 4 is 45.8 Å². The van der Waals surface area contributed by atoms with Gasteiger partial charge in [0.25, 0.3) is 0 Å². The van der Waals surface area contributed by atoms with Gasteiger partial charge in [0, 0.05) is 55.8 Å². The second-order valence-electron chi connectivity index (χ2n) is 10.0. The van der Waals surface area contributed by atoms with Gasteiger partial charge < -0.3 is 24.7 Å². The van der Waals surface area contributed by atoms with E-state index in [2.05, 4.69) is 23.0 Å². The summed E-state index contributed by atoms with van der Waals surface area (Å²) in [6.07, 6.45) is 4.02. The smallest absolute Gasteiger partial charge is 0.246 e. The number of anilines is 2. The van der Waals surface area contributed by atoms with Crippen LogP contribution in [-0.2, 0) is 4.79 Å². The SMILES string of the molecule is C=CC(=O)N1CCN(c2nc(N3CC(N(C)C)C3)nc3c(F)c(/C(C(=C)F)=C(O)/C=C\C)c(Cl)cc23)[C@@H](C)C1. The van der Waals surface area contributed by atoms with Crippen molar-refractivity contribution in [2.45, 2.75) is 25.9 Å². The fourth-order valence-electron chi connectivity index (χ4n) is 4.95. The van der Waals surface area contributed by atoms with Gasteiger partial charge in [0.15, 0.2) is 5.82 Å². The van der Waals surface area contributed by atoms with Crippen LogP contribution in [0.25, 0.3) is 16.5 Å². The van der Waals surface area contributed by atoms with Crippen molar-refractivity contribution < 1.29 is 18.7 Å². The summed E-state index contributed by atoms with van der Waals surface area (Å²) in [5.41, 5.74) is -0.820. The van der Waals surface area contributed by atoms with Crippen LogP contribution in [0.2, 0.25) is 5.02 Å². The number of fused-ring (bicyclic) bond motifs is 1. The molecule has 0 radical (unpaired) electrons. The molecule has 0 spiro atoms. The number of aliphatic hydroxyl groups excluding tert-OH is 1. The van der Waals surface area contributed by atoms with Crippen LogP contribution < -0.4 is 9.80 Å². The first-order chi connectivity index (χ1) is 18.5. The van der Waals surface area contributed by atoms with E-state index in [0.29, 0.717) is 55.9 Å². The average Bonchev–Trinajstić information content (AvgIpc) is 2.84. The first-order valence-corrected chi connectivity index (χ1v) is 13.1. The summed E-state index contributed by atoms with van der Waals surface area (Å²) in [5, 5.41) is 10.7. The maximum atomic E-state index is 16.3. The molecule has 4 rings (SSSR count). The first-order valence-electron chi connectivity index (χ1n) is 12.7. The van der Waals surface area contributed by atoms with E-state index in [4.69, 9.17) is 16.6 Å². The van der Waals surface area contributed by atoms with Crippen LogP contribution in [0.15, 0.2) is 49.0 Å². The molecule has 1 aromatic heterocycles. The molecule has 2 fully saturated rings. The highest BCUT2D eigenvalue weighted by atomic mass is 35.5. The lowest BCUT2D eigenvalue weighted by Gasteiger charge is -2.44. The van der Waals surface area contributed by atoms with Gasteiger partial charge in [0.05, 0.1) is 10.6 Å². The van der Waals surface area contributed by atoms with Gasteiger partial charge in [-0.05, 0) is 46.2 Å². The number of hydrogen-bond donors (Lipinski definition) is 1. The van der Waals surface area contributed by atoms with Crippen LogP contribution in [0, 0.1) is 5.82 Å². The van der Waals surface area contributed by atoms with Gasteiger partial charge in [-0.2, -0.15) is 4.98 Å². The topological polar surface area (TPSA) is 76.0 Å². The maximum Gasteiger partial charge on any atom is 0.246 e. The Bertz CT molecular complexity index is 1390. The van der Waals surface area contributed by atoms with Gasteiger partial charge in [0.2, 0.25) is 11.9 Å². The number of likely N-dealkylation sites (N-methyl/N-ethyl adjacent to an activating group) is 1. The minimum absolute atomic E-state index is 0.0495. The molecule has 1 amide bonds. The molecule has 0 saturated carbocycles. The molecule has 1 N–H and O–H groups in total. The fourth-order valence-corrected chi connectivity index (χ4v) is 5.24. The number of rotatable bonds is 7. The molecule has 3 heterocycles. The van der Waals surface area contributed by atoms with Crippen molar-refractivity contribution in [1.29, 1.82) is 0 Å². The zero-order valence-corrected chi connectivity index (χ0v) is 23.3. The van der Waals surface area contributed by atoms with E-state index in [1.54, 1.807) is 11.8 Å². The molecule has 11 heteroatoms. The first kappa shape index (κ1) is 28.5. The van der Waals surface area contributed by atoms with E-state index < -0.39 is 23.0 Å². The molecule has 2 aliphatic rings. The summed E-state index contributed by atoms with van der Waals surface area (Å²) in [5.74, 6) is -1.78. The van der Waals surface area contributed by atoms with Gasteiger partial charge in [-0.15, -0.1) is 0 Å². The molecule has 1 aromatic carbocycles. The van der Waals surface area contributed by atoms with Crippen molar-refractivity contribution in [2.75, 3.05) is 56.6 Å². The Balaban J connectivity index is 1.91. The van der Waals surface area contributed by atoms with Crippen LogP contribution in [-0.4, -0.2) is 89.7 Å². The Hall–Kier alpha value is -3.50. The number of benzene rings is 1. The highest BCUT2D eigenvalue weighted by Crippen LogP contribution is 2.40. The van der Waals surface area contributed by atoms with Gasteiger partial charge in [-0.1, -0.05) is 30.8 Å². The van der Waals surface area contributed by atoms with Crippen molar-refractivity contribution in [1.82, 2.24) is 19.8 Å². The monoisotopic (exact) mass is 558 g/mol. The number of piperazine rings is 1. The van der Waals surface area contributed by atoms with Crippen LogP contribution in [0.5, 0.6) is 0 Å². The maximum absolute atomic E-state index is 16.3. The molecule has 208 valence electrons. The second kappa shape index (κ2) is 11.3. The third kappa shape index (κ3) is 5.35. The lowest BCUT2D eigenvalue weighted by Crippen LogP contribution is -2.58. The second-order valence-corrected chi connectivity index (χ2v) is 10.4. The number of halogens is 3. The van der Waals surface area contributed by atoms with E-state index >= 15 is 4.39 Å². The number of aliphatic hydroxyl groups is 1. The van der Waals surface area contributed by atoms with Crippen LogP contribution in [0.1, 0.15) is 19.4 Å². The van der Waals surface area contributed by atoms with E-state index in [-0.39, 0.29) is 28.1 Å². The molecule has 0 aliphatic carbocycles. The summed E-state index contributed by atoms with van der Waals surface area (Å²) in [6, 6.07) is 1.64. The van der Waals surface area contributed by atoms with Crippen molar-refractivity contribution in [3.8, 4) is 0 Å². The van der Waals surface area contributed by atoms with Gasteiger partial charge >= 0.3 is 0 Å². The Morgan fingerprint density at radius 2 is 1.95 bits per heavy atom. The Morgan fingerprint density at radius 3 is 2.51 bits per heavy atom. The molecular formula is C28H33ClF2N6O2. The average molecular weight is 559 g/mol. The third-order valence-electron chi connectivity index (χ3n) is 7.21. The summed E-state index contributed by atoms with van der Waals surface area (Å²) in [4.78, 5) is 29.4. The van der Waals surface area contributed by atoms with Crippen LogP contribution in [0.4, 0.5) is 20.5 Å². The molecule has 1 atom stereocenters. The molecule has 2 saturated heterocycles. The summed E-state index contributed by atoms with van der Waals surface area (Å²) >= 11 is 6.55. The fraction of sp³-hybridized carbons (Fsp3) is 0.393. The largest absolute Gasteiger partial charge is 0.507 e. The van der Waals surface area contributed by atoms with Crippen molar-refractivity contribution in [2.24, 2.45) is 0 Å².